The number of esters is 3. The lowest BCUT2D eigenvalue weighted by molar-refractivity contribution is -0.139. The van der Waals surface area contributed by atoms with Crippen LogP contribution in [0, 0.1) is 0 Å². The van der Waals surface area contributed by atoms with E-state index in [0.29, 0.717) is 11.3 Å². The Bertz CT molecular complexity index is 806. The quantitative estimate of drug-likeness (QED) is 0.591. The molecule has 7 nitrogen and oxygen atoms in total. The molecule has 0 fully saturated rings. The first-order valence-corrected chi connectivity index (χ1v) is 7.85. The molecule has 0 amide bonds. The summed E-state index contributed by atoms with van der Waals surface area (Å²) in [6, 6.07) is 6.51. The molecule has 0 N–H and O–H groups in total. The van der Waals surface area contributed by atoms with Crippen LogP contribution in [0.2, 0.25) is 0 Å². The highest BCUT2D eigenvalue weighted by molar-refractivity contribution is 6.05. The molecule has 0 spiro atoms. The van der Waals surface area contributed by atoms with Crippen molar-refractivity contribution in [2.75, 3.05) is 25.7 Å². The van der Waals surface area contributed by atoms with Crippen molar-refractivity contribution < 1.29 is 28.6 Å². The molecule has 0 saturated carbocycles. The average Bonchev–Trinajstić information content (AvgIpc) is 2.90. The fourth-order valence-corrected chi connectivity index (χ4v) is 2.36. The number of hydrogen-bond acceptors (Lipinski definition) is 7. The lowest BCUT2D eigenvalue weighted by atomic mass is 10.1. The third-order valence-electron chi connectivity index (χ3n) is 3.52. The molecule has 0 aliphatic carbocycles. The zero-order valence-corrected chi connectivity index (χ0v) is 14.7. The zero-order valence-electron chi connectivity index (χ0n) is 14.7. The van der Waals surface area contributed by atoms with Gasteiger partial charge in [0.15, 0.2) is 0 Å². The number of benzene rings is 1. The van der Waals surface area contributed by atoms with E-state index in [2.05, 4.69) is 0 Å². The van der Waals surface area contributed by atoms with Crippen molar-refractivity contribution in [3.63, 3.8) is 0 Å². The number of nitrogens with zero attached hydrogens (tertiary/aromatic N) is 1. The summed E-state index contributed by atoms with van der Waals surface area (Å²) >= 11 is 0. The predicted molar refractivity (Wildman–Crippen MR) is 94.2 cm³/mol. The summed E-state index contributed by atoms with van der Waals surface area (Å²) in [6.07, 6.45) is 6.30. The maximum Gasteiger partial charge on any atom is 0.355 e. The van der Waals surface area contributed by atoms with Gasteiger partial charge in [-0.15, -0.1) is 0 Å². The van der Waals surface area contributed by atoms with Crippen molar-refractivity contribution in [2.45, 2.75) is 6.92 Å². The van der Waals surface area contributed by atoms with E-state index >= 15 is 0 Å². The lowest BCUT2D eigenvalue weighted by Crippen LogP contribution is -2.27. The van der Waals surface area contributed by atoms with E-state index in [4.69, 9.17) is 14.2 Å². The molecular formula is C19H19NO6. The molecular weight excluding hydrogens is 338 g/mol. The summed E-state index contributed by atoms with van der Waals surface area (Å²) in [5.74, 6) is -1.89. The molecule has 2 rings (SSSR count). The first-order valence-electron chi connectivity index (χ1n) is 7.85. The van der Waals surface area contributed by atoms with Crippen molar-refractivity contribution in [1.29, 1.82) is 0 Å². The summed E-state index contributed by atoms with van der Waals surface area (Å²) in [5.41, 5.74) is 0.812. The first-order chi connectivity index (χ1) is 12.5. The largest absolute Gasteiger partial charge is 0.465 e. The van der Waals surface area contributed by atoms with Crippen molar-refractivity contribution in [3.8, 4) is 0 Å². The Morgan fingerprint density at radius 2 is 1.73 bits per heavy atom. The van der Waals surface area contributed by atoms with E-state index in [1.807, 2.05) is 0 Å². The van der Waals surface area contributed by atoms with Crippen LogP contribution in [0.4, 0.5) is 5.69 Å². The second-order valence-electron chi connectivity index (χ2n) is 5.09. The van der Waals surface area contributed by atoms with Gasteiger partial charge in [0.2, 0.25) is 0 Å². The number of methoxy groups -OCH3 is 2. The van der Waals surface area contributed by atoms with Gasteiger partial charge in [-0.05, 0) is 37.3 Å². The van der Waals surface area contributed by atoms with Crippen molar-refractivity contribution in [1.82, 2.24) is 0 Å². The SMILES string of the molecule is CCOC(=O)c1cccc(N2C=CC=CC(C(=O)OC)=C2C(=O)OC)c1. The summed E-state index contributed by atoms with van der Waals surface area (Å²) in [5, 5.41) is 0. The molecule has 0 bridgehead atoms. The molecule has 0 unspecified atom stereocenters. The summed E-state index contributed by atoms with van der Waals surface area (Å²) in [6.45, 7) is 1.96. The van der Waals surface area contributed by atoms with Crippen LogP contribution < -0.4 is 4.90 Å². The normalized spacial score (nSPS) is 13.3. The fraction of sp³-hybridized carbons (Fsp3) is 0.211. The minimum absolute atomic E-state index is 0.0228. The van der Waals surface area contributed by atoms with Crippen LogP contribution in [0.1, 0.15) is 17.3 Å². The highest BCUT2D eigenvalue weighted by atomic mass is 16.5. The molecule has 0 saturated heterocycles. The Kier molecular flexibility index (Phi) is 6.32. The van der Waals surface area contributed by atoms with E-state index in [-0.39, 0.29) is 17.9 Å². The molecule has 136 valence electrons. The molecule has 0 atom stereocenters. The number of carbonyl (C=O) groups is 3. The fourth-order valence-electron chi connectivity index (χ4n) is 2.36. The topological polar surface area (TPSA) is 82.1 Å². The van der Waals surface area contributed by atoms with Gasteiger partial charge in [-0.3, -0.25) is 0 Å². The number of ether oxygens (including phenoxy) is 3. The van der Waals surface area contributed by atoms with Gasteiger partial charge in [0, 0.05) is 11.9 Å². The smallest absolute Gasteiger partial charge is 0.355 e. The highest BCUT2D eigenvalue weighted by Gasteiger charge is 2.27. The zero-order chi connectivity index (χ0) is 19.1. The van der Waals surface area contributed by atoms with Crippen LogP contribution in [0.5, 0.6) is 0 Å². The number of rotatable bonds is 5. The van der Waals surface area contributed by atoms with Gasteiger partial charge in [-0.1, -0.05) is 12.1 Å². The molecule has 1 heterocycles. The maximum absolute atomic E-state index is 12.4. The molecule has 1 aromatic carbocycles. The Hall–Kier alpha value is -3.35. The van der Waals surface area contributed by atoms with Gasteiger partial charge in [0.05, 0.1) is 32.0 Å². The summed E-state index contributed by atoms with van der Waals surface area (Å²) in [7, 11) is 2.44. The van der Waals surface area contributed by atoms with Gasteiger partial charge in [-0.2, -0.15) is 0 Å². The molecule has 0 radical (unpaired) electrons. The molecule has 26 heavy (non-hydrogen) atoms. The van der Waals surface area contributed by atoms with Gasteiger partial charge < -0.3 is 19.1 Å². The van der Waals surface area contributed by atoms with Gasteiger partial charge in [0.1, 0.15) is 5.70 Å². The Morgan fingerprint density at radius 1 is 1.00 bits per heavy atom. The van der Waals surface area contributed by atoms with E-state index in [1.54, 1.807) is 49.5 Å². The number of allylic oxidation sites excluding steroid dienone is 2. The second kappa shape index (κ2) is 8.66. The molecule has 1 aliphatic heterocycles. The first kappa shape index (κ1) is 19.0. The van der Waals surface area contributed by atoms with Crippen LogP contribution in [0.3, 0.4) is 0 Å². The van der Waals surface area contributed by atoms with Crippen LogP contribution in [-0.2, 0) is 23.8 Å². The number of anilines is 1. The minimum Gasteiger partial charge on any atom is -0.465 e. The Morgan fingerprint density at radius 3 is 2.38 bits per heavy atom. The second-order valence-corrected chi connectivity index (χ2v) is 5.09. The van der Waals surface area contributed by atoms with E-state index in [1.165, 1.54) is 25.2 Å². The van der Waals surface area contributed by atoms with Gasteiger partial charge in [-0.25, -0.2) is 14.4 Å². The third kappa shape index (κ3) is 4.00. The maximum atomic E-state index is 12.4. The molecule has 1 aromatic rings. The molecule has 1 aliphatic rings. The standard InChI is InChI=1S/C19H19NO6/c1-4-26-17(21)13-8-7-9-14(12-13)20-11-6-5-10-15(18(22)24-2)16(20)19(23)25-3/h5-12H,4H2,1-3H3. The van der Waals surface area contributed by atoms with Crippen LogP contribution in [0.25, 0.3) is 0 Å². The summed E-state index contributed by atoms with van der Waals surface area (Å²) in [4.78, 5) is 37.9. The van der Waals surface area contributed by atoms with Crippen molar-refractivity contribution >= 4 is 23.6 Å². The lowest BCUT2D eigenvalue weighted by Gasteiger charge is -2.23. The third-order valence-corrected chi connectivity index (χ3v) is 3.52. The molecule has 0 aromatic heterocycles. The van der Waals surface area contributed by atoms with Gasteiger partial charge >= 0.3 is 17.9 Å². The minimum atomic E-state index is -0.719. The average molecular weight is 357 g/mol. The van der Waals surface area contributed by atoms with E-state index < -0.39 is 17.9 Å². The van der Waals surface area contributed by atoms with Crippen molar-refractivity contribution in [2.24, 2.45) is 0 Å². The van der Waals surface area contributed by atoms with Crippen LogP contribution in [-0.4, -0.2) is 38.7 Å². The van der Waals surface area contributed by atoms with Crippen LogP contribution in [0.15, 0.2) is 60.0 Å². The molecule has 7 heteroatoms. The van der Waals surface area contributed by atoms with Crippen molar-refractivity contribution in [3.05, 3.63) is 65.5 Å². The highest BCUT2D eigenvalue weighted by Crippen LogP contribution is 2.27. The Labute approximate surface area is 151 Å². The number of hydrogen-bond donors (Lipinski definition) is 0. The predicted octanol–water partition coefficient (Wildman–Crippen LogP) is 2.35. The van der Waals surface area contributed by atoms with Crippen LogP contribution >= 0.6 is 0 Å². The van der Waals surface area contributed by atoms with E-state index in [0.717, 1.165) is 0 Å². The summed E-state index contributed by atoms with van der Waals surface area (Å²) < 4.78 is 14.6. The number of carbonyl (C=O) groups excluding carboxylic acids is 3. The Balaban J connectivity index is 2.58. The van der Waals surface area contributed by atoms with E-state index in [9.17, 15) is 14.4 Å². The monoisotopic (exact) mass is 357 g/mol. The van der Waals surface area contributed by atoms with Gasteiger partial charge in [0.25, 0.3) is 0 Å².